The number of nitrogens with zero attached hydrogens (tertiary/aromatic N) is 6. The van der Waals surface area contributed by atoms with Gasteiger partial charge in [-0.3, -0.25) is 4.90 Å². The lowest BCUT2D eigenvalue weighted by Gasteiger charge is -2.41. The Morgan fingerprint density at radius 3 is 2.52 bits per heavy atom. The summed E-state index contributed by atoms with van der Waals surface area (Å²) in [4.78, 5) is 28.3. The van der Waals surface area contributed by atoms with Crippen molar-refractivity contribution in [3.05, 3.63) is 59.7 Å². The van der Waals surface area contributed by atoms with Crippen molar-refractivity contribution in [3.63, 3.8) is 0 Å². The number of anilines is 1. The number of terminal acetylenes is 1. The monoisotopic (exact) mass is 678 g/mol. The van der Waals surface area contributed by atoms with Gasteiger partial charge in [0.2, 0.25) is 0 Å². The quantitative estimate of drug-likeness (QED) is 0.200. The van der Waals surface area contributed by atoms with E-state index in [0.717, 1.165) is 44.2 Å². The Bertz CT molecular complexity index is 2050. The second-order valence-corrected chi connectivity index (χ2v) is 14.5. The molecule has 1 atom stereocenters. The minimum absolute atomic E-state index is 0.00859. The first-order chi connectivity index (χ1) is 24.0. The zero-order chi connectivity index (χ0) is 35.2. The van der Waals surface area contributed by atoms with Crippen molar-refractivity contribution in [2.75, 3.05) is 44.2 Å². The predicted octanol–water partition coefficient (Wildman–Crippen LogP) is 7.06. The topological polar surface area (TPSA) is 94.8 Å². The molecule has 3 aliphatic rings. The molecule has 258 valence electrons. The van der Waals surface area contributed by atoms with Crippen molar-refractivity contribution in [1.82, 2.24) is 19.8 Å². The average molecular weight is 679 g/mol. The number of benzene rings is 3. The van der Waals surface area contributed by atoms with E-state index in [1.165, 1.54) is 6.07 Å². The van der Waals surface area contributed by atoms with Crippen LogP contribution in [-0.4, -0.2) is 82.4 Å². The van der Waals surface area contributed by atoms with E-state index >= 15 is 8.78 Å². The highest BCUT2D eigenvalue weighted by atomic mass is 19.1. The number of carbonyl (C=O) groups is 1. The first-order valence-electron chi connectivity index (χ1n) is 17.2. The summed E-state index contributed by atoms with van der Waals surface area (Å²) in [6.07, 6.45) is 9.50. The van der Waals surface area contributed by atoms with Gasteiger partial charge >= 0.3 is 12.1 Å². The van der Waals surface area contributed by atoms with Crippen molar-refractivity contribution in [2.45, 2.75) is 70.1 Å². The molecule has 3 aromatic carbocycles. The molecule has 0 radical (unpaired) electrons. The van der Waals surface area contributed by atoms with Crippen LogP contribution in [0.15, 0.2) is 42.5 Å². The third kappa shape index (κ3) is 6.05. The van der Waals surface area contributed by atoms with Crippen LogP contribution in [0.1, 0.15) is 58.4 Å². The van der Waals surface area contributed by atoms with Crippen LogP contribution in [0.3, 0.4) is 0 Å². The van der Waals surface area contributed by atoms with Crippen molar-refractivity contribution in [1.29, 1.82) is 5.26 Å². The molecule has 7 rings (SSSR count). The maximum atomic E-state index is 17.0. The Morgan fingerprint density at radius 1 is 1.08 bits per heavy atom. The SMILES string of the molecule is C#Cc1cccc2cccc(-c3c(F)cc4c(N5CCN(C(=O)OC(C)(C)C)[C@@H](CC#N)C5)nc(OCC56CCCN5CCC6)nc4c3F)c12. The van der Waals surface area contributed by atoms with Gasteiger partial charge in [-0.25, -0.2) is 13.6 Å². The number of nitriles is 1. The third-order valence-corrected chi connectivity index (χ3v) is 10.2. The molecule has 0 spiro atoms. The maximum Gasteiger partial charge on any atom is 0.410 e. The van der Waals surface area contributed by atoms with Crippen LogP contribution in [0, 0.1) is 35.3 Å². The first kappa shape index (κ1) is 33.5. The molecule has 0 N–H and O–H groups in total. The summed E-state index contributed by atoms with van der Waals surface area (Å²) in [5, 5.41) is 11.2. The number of amides is 1. The molecule has 3 aliphatic heterocycles. The van der Waals surface area contributed by atoms with Gasteiger partial charge in [0.05, 0.1) is 29.6 Å². The van der Waals surface area contributed by atoms with E-state index in [2.05, 4.69) is 21.9 Å². The fourth-order valence-corrected chi connectivity index (χ4v) is 7.93. The van der Waals surface area contributed by atoms with E-state index in [1.54, 1.807) is 43.9 Å². The zero-order valence-corrected chi connectivity index (χ0v) is 28.6. The number of halogens is 2. The fraction of sp³-hybridized carbons (Fsp3) is 0.436. The highest BCUT2D eigenvalue weighted by Crippen LogP contribution is 2.41. The second kappa shape index (κ2) is 13.0. The van der Waals surface area contributed by atoms with Gasteiger partial charge in [0.15, 0.2) is 5.82 Å². The number of hydrogen-bond donors (Lipinski definition) is 0. The highest BCUT2D eigenvalue weighted by molar-refractivity contribution is 6.03. The molecule has 9 nitrogen and oxygen atoms in total. The Hall–Kier alpha value is -5.00. The van der Waals surface area contributed by atoms with Crippen LogP contribution in [0.25, 0.3) is 32.8 Å². The molecule has 3 fully saturated rings. The van der Waals surface area contributed by atoms with E-state index in [1.807, 2.05) is 23.1 Å². The number of carbonyl (C=O) groups excluding carboxylic acids is 1. The maximum absolute atomic E-state index is 17.0. The molecule has 0 saturated carbocycles. The summed E-state index contributed by atoms with van der Waals surface area (Å²) in [5.74, 6) is 1.29. The van der Waals surface area contributed by atoms with Gasteiger partial charge < -0.3 is 19.3 Å². The summed E-state index contributed by atoms with van der Waals surface area (Å²) in [7, 11) is 0. The van der Waals surface area contributed by atoms with Gasteiger partial charge in [0.1, 0.15) is 29.4 Å². The molecular formula is C39H40F2N6O3. The summed E-state index contributed by atoms with van der Waals surface area (Å²) >= 11 is 0. The molecule has 4 aromatic rings. The lowest BCUT2D eigenvalue weighted by molar-refractivity contribution is 0.0145. The lowest BCUT2D eigenvalue weighted by atomic mass is 9.93. The molecule has 0 unspecified atom stereocenters. The summed E-state index contributed by atoms with van der Waals surface area (Å²) in [6, 6.07) is 13.6. The smallest absolute Gasteiger partial charge is 0.410 e. The largest absolute Gasteiger partial charge is 0.461 e. The molecule has 4 heterocycles. The number of aromatic nitrogens is 2. The molecular weight excluding hydrogens is 638 g/mol. The minimum atomic E-state index is -0.852. The number of hydrogen-bond acceptors (Lipinski definition) is 8. The molecule has 3 saturated heterocycles. The Labute approximate surface area is 290 Å². The molecule has 1 amide bonds. The fourth-order valence-electron chi connectivity index (χ4n) is 7.93. The van der Waals surface area contributed by atoms with Crippen LogP contribution < -0.4 is 9.64 Å². The van der Waals surface area contributed by atoms with Crippen LogP contribution in [-0.2, 0) is 4.74 Å². The number of piperazine rings is 1. The standard InChI is InChI=1S/C39H40F2N6O3/c1-5-25-10-6-11-26-12-7-13-28(31(25)26)32-30(40)22-29-34(33(32)41)43-36(49-24-39-15-8-18-46(39)19-9-16-39)44-35(29)45-20-21-47(27(23-45)14-17-42)37(48)50-38(2,3)4/h1,6-7,10-13,22,27H,8-9,14-16,18-21,23-24H2,2-4H3/t27-/m0/s1. The molecule has 1 aromatic heterocycles. The minimum Gasteiger partial charge on any atom is -0.461 e. The van der Waals surface area contributed by atoms with Gasteiger partial charge in [-0.2, -0.15) is 15.2 Å². The summed E-state index contributed by atoms with van der Waals surface area (Å²) in [5.41, 5.74) is -0.317. The Morgan fingerprint density at radius 2 is 1.82 bits per heavy atom. The van der Waals surface area contributed by atoms with Crippen molar-refractivity contribution in [2.24, 2.45) is 0 Å². The van der Waals surface area contributed by atoms with E-state index in [-0.39, 0.29) is 59.9 Å². The first-order valence-corrected chi connectivity index (χ1v) is 17.2. The van der Waals surface area contributed by atoms with Crippen LogP contribution in [0.2, 0.25) is 0 Å². The Balaban J connectivity index is 1.34. The van der Waals surface area contributed by atoms with Crippen molar-refractivity contribution < 1.29 is 23.0 Å². The molecule has 0 bridgehead atoms. The molecule has 11 heteroatoms. The average Bonchev–Trinajstić information content (AvgIpc) is 3.67. The second-order valence-electron chi connectivity index (χ2n) is 14.5. The molecule has 0 aliphatic carbocycles. The van der Waals surface area contributed by atoms with Gasteiger partial charge in [0.25, 0.3) is 0 Å². The zero-order valence-electron chi connectivity index (χ0n) is 28.6. The predicted molar refractivity (Wildman–Crippen MR) is 188 cm³/mol. The van der Waals surface area contributed by atoms with Gasteiger partial charge in [-0.15, -0.1) is 6.42 Å². The number of fused-ring (bicyclic) bond motifs is 3. The van der Waals surface area contributed by atoms with Gasteiger partial charge in [-0.05, 0) is 82.6 Å². The van der Waals surface area contributed by atoms with E-state index < -0.39 is 29.4 Å². The van der Waals surface area contributed by atoms with Crippen LogP contribution in [0.5, 0.6) is 6.01 Å². The van der Waals surface area contributed by atoms with Gasteiger partial charge in [0, 0.05) is 36.0 Å². The van der Waals surface area contributed by atoms with Crippen molar-refractivity contribution >= 4 is 33.6 Å². The van der Waals surface area contributed by atoms with Crippen LogP contribution >= 0.6 is 0 Å². The van der Waals surface area contributed by atoms with Gasteiger partial charge in [-0.1, -0.05) is 36.3 Å². The van der Waals surface area contributed by atoms with E-state index in [0.29, 0.717) is 23.1 Å². The number of rotatable bonds is 6. The molecule has 50 heavy (non-hydrogen) atoms. The highest BCUT2D eigenvalue weighted by Gasteiger charge is 2.45. The lowest BCUT2D eigenvalue weighted by Crippen LogP contribution is -2.56. The van der Waals surface area contributed by atoms with E-state index in [4.69, 9.17) is 20.9 Å². The number of ether oxygens (including phenoxy) is 2. The normalized spacial score (nSPS) is 19.0. The summed E-state index contributed by atoms with van der Waals surface area (Å²) in [6.45, 7) is 8.42. The van der Waals surface area contributed by atoms with E-state index in [9.17, 15) is 10.1 Å². The third-order valence-electron chi connectivity index (χ3n) is 10.2. The van der Waals surface area contributed by atoms with Crippen molar-refractivity contribution in [3.8, 4) is 35.6 Å². The van der Waals surface area contributed by atoms with Crippen LogP contribution in [0.4, 0.5) is 19.4 Å². The summed E-state index contributed by atoms with van der Waals surface area (Å²) < 4.78 is 45.4. The Kier molecular flexibility index (Phi) is 8.73.